The van der Waals surface area contributed by atoms with Crippen LogP contribution in [-0.4, -0.2) is 41.4 Å². The third-order valence-corrected chi connectivity index (χ3v) is 3.66. The van der Waals surface area contributed by atoms with Crippen molar-refractivity contribution in [3.05, 3.63) is 35.4 Å². The zero-order chi connectivity index (χ0) is 13.0. The summed E-state index contributed by atoms with van der Waals surface area (Å²) in [7, 11) is 0. The molecule has 1 aromatic carbocycles. The zero-order valence-electron chi connectivity index (χ0n) is 10.6. The Balaban J connectivity index is 1.89. The van der Waals surface area contributed by atoms with E-state index >= 15 is 0 Å². The third kappa shape index (κ3) is 3.29. The normalized spacial score (nSPS) is 22.3. The Kier molecular flexibility index (Phi) is 4.72. The van der Waals surface area contributed by atoms with Gasteiger partial charge in [0.05, 0.1) is 6.10 Å². The lowest BCUT2D eigenvalue weighted by atomic mass is 10.1. The zero-order valence-corrected chi connectivity index (χ0v) is 10.6. The van der Waals surface area contributed by atoms with Crippen LogP contribution >= 0.6 is 0 Å². The van der Waals surface area contributed by atoms with Gasteiger partial charge in [0.25, 0.3) is 0 Å². The van der Waals surface area contributed by atoms with Crippen LogP contribution in [0.1, 0.15) is 23.7 Å². The molecule has 100 valence electrons. The van der Waals surface area contributed by atoms with Gasteiger partial charge in [-0.2, -0.15) is 0 Å². The topological polar surface area (TPSA) is 69.7 Å². The van der Waals surface area contributed by atoms with Crippen molar-refractivity contribution in [2.75, 3.05) is 26.2 Å². The minimum Gasteiger partial charge on any atom is -0.396 e. The average molecular weight is 250 g/mol. The van der Waals surface area contributed by atoms with E-state index in [2.05, 4.69) is 4.90 Å². The molecule has 0 saturated carbocycles. The molecule has 4 nitrogen and oxygen atoms in total. The van der Waals surface area contributed by atoms with Gasteiger partial charge in [-0.1, -0.05) is 24.3 Å². The SMILES string of the molecule is NCc1ccc(C(O)CN2CCC(CO)C2)cc1. The first-order valence-corrected chi connectivity index (χ1v) is 6.53. The fourth-order valence-corrected chi connectivity index (χ4v) is 2.45. The van der Waals surface area contributed by atoms with Gasteiger partial charge < -0.3 is 20.8 Å². The average Bonchev–Trinajstić information content (AvgIpc) is 2.86. The molecule has 4 N–H and O–H groups in total. The quantitative estimate of drug-likeness (QED) is 0.711. The predicted octanol–water partition coefficient (Wildman–Crippen LogP) is 0.493. The molecule has 2 rings (SSSR count). The van der Waals surface area contributed by atoms with E-state index in [4.69, 9.17) is 10.8 Å². The van der Waals surface area contributed by atoms with E-state index in [1.165, 1.54) is 0 Å². The summed E-state index contributed by atoms with van der Waals surface area (Å²) < 4.78 is 0. The summed E-state index contributed by atoms with van der Waals surface area (Å²) in [6, 6.07) is 7.79. The van der Waals surface area contributed by atoms with Crippen molar-refractivity contribution in [1.29, 1.82) is 0 Å². The second kappa shape index (κ2) is 6.29. The number of rotatable bonds is 5. The van der Waals surface area contributed by atoms with Crippen molar-refractivity contribution in [1.82, 2.24) is 4.90 Å². The monoisotopic (exact) mass is 250 g/mol. The molecule has 1 aliphatic heterocycles. The number of aliphatic hydroxyl groups excluding tert-OH is 2. The Morgan fingerprint density at radius 2 is 2.06 bits per heavy atom. The molecule has 4 heteroatoms. The number of nitrogens with two attached hydrogens (primary N) is 1. The lowest BCUT2D eigenvalue weighted by Gasteiger charge is -2.20. The molecular formula is C14H22N2O2. The van der Waals surface area contributed by atoms with E-state index in [1.807, 2.05) is 24.3 Å². The first-order valence-electron chi connectivity index (χ1n) is 6.53. The van der Waals surface area contributed by atoms with E-state index in [1.54, 1.807) is 0 Å². The number of β-amino-alcohol motifs (C(OH)–C–C–N with tert-alkyl or cyclic N) is 1. The summed E-state index contributed by atoms with van der Waals surface area (Å²) in [4.78, 5) is 2.21. The van der Waals surface area contributed by atoms with E-state index in [9.17, 15) is 5.11 Å². The molecule has 0 spiro atoms. The van der Waals surface area contributed by atoms with Gasteiger partial charge in [0, 0.05) is 26.2 Å². The summed E-state index contributed by atoms with van der Waals surface area (Å²) >= 11 is 0. The summed E-state index contributed by atoms with van der Waals surface area (Å²) in [6.45, 7) is 3.26. The van der Waals surface area contributed by atoms with Crippen LogP contribution in [0.3, 0.4) is 0 Å². The molecule has 18 heavy (non-hydrogen) atoms. The third-order valence-electron chi connectivity index (χ3n) is 3.66. The molecule has 0 bridgehead atoms. The molecule has 0 aromatic heterocycles. The first-order chi connectivity index (χ1) is 8.72. The van der Waals surface area contributed by atoms with E-state index in [0.717, 1.165) is 30.6 Å². The predicted molar refractivity (Wildman–Crippen MR) is 70.9 cm³/mol. The minimum atomic E-state index is -0.464. The van der Waals surface area contributed by atoms with Gasteiger partial charge in [0.15, 0.2) is 0 Å². The van der Waals surface area contributed by atoms with E-state index in [-0.39, 0.29) is 6.61 Å². The summed E-state index contributed by atoms with van der Waals surface area (Å²) in [5.41, 5.74) is 7.55. The molecule has 1 heterocycles. The highest BCUT2D eigenvalue weighted by Crippen LogP contribution is 2.20. The number of hydrogen-bond acceptors (Lipinski definition) is 4. The van der Waals surface area contributed by atoms with Crippen LogP contribution in [-0.2, 0) is 6.54 Å². The minimum absolute atomic E-state index is 0.248. The van der Waals surface area contributed by atoms with Gasteiger partial charge in [-0.05, 0) is 30.0 Å². The number of likely N-dealkylation sites (tertiary alicyclic amines) is 1. The number of benzene rings is 1. The summed E-state index contributed by atoms with van der Waals surface area (Å²) in [5, 5.41) is 19.3. The molecule has 0 radical (unpaired) electrons. The second-order valence-corrected chi connectivity index (χ2v) is 5.06. The standard InChI is InChI=1S/C14H22N2O2/c15-7-11-1-3-13(4-2-11)14(18)9-16-6-5-12(8-16)10-17/h1-4,12,14,17-18H,5-10,15H2. The molecule has 1 fully saturated rings. The number of nitrogens with zero attached hydrogens (tertiary/aromatic N) is 1. The Bertz CT molecular complexity index is 367. The first kappa shape index (κ1) is 13.5. The maximum Gasteiger partial charge on any atom is 0.0916 e. The molecule has 2 unspecified atom stereocenters. The highest BCUT2D eigenvalue weighted by atomic mass is 16.3. The lowest BCUT2D eigenvalue weighted by molar-refractivity contribution is 0.121. The summed E-state index contributed by atoms with van der Waals surface area (Å²) in [6.07, 6.45) is 0.560. The fraction of sp³-hybridized carbons (Fsp3) is 0.571. The Morgan fingerprint density at radius 3 is 2.61 bits per heavy atom. The second-order valence-electron chi connectivity index (χ2n) is 5.06. The van der Waals surface area contributed by atoms with E-state index < -0.39 is 6.10 Å². The van der Waals surface area contributed by atoms with Gasteiger partial charge in [-0.15, -0.1) is 0 Å². The molecular weight excluding hydrogens is 228 g/mol. The van der Waals surface area contributed by atoms with Gasteiger partial charge in [-0.25, -0.2) is 0 Å². The van der Waals surface area contributed by atoms with E-state index in [0.29, 0.717) is 19.0 Å². The van der Waals surface area contributed by atoms with Crippen LogP contribution in [0.15, 0.2) is 24.3 Å². The van der Waals surface area contributed by atoms with Crippen molar-refractivity contribution >= 4 is 0 Å². The highest BCUT2D eigenvalue weighted by molar-refractivity contribution is 5.24. The maximum absolute atomic E-state index is 10.2. The molecule has 0 amide bonds. The molecule has 1 aromatic rings. The van der Waals surface area contributed by atoms with Crippen LogP contribution in [0.25, 0.3) is 0 Å². The highest BCUT2D eigenvalue weighted by Gasteiger charge is 2.23. The molecule has 1 saturated heterocycles. The molecule has 0 aliphatic carbocycles. The van der Waals surface area contributed by atoms with Crippen molar-refractivity contribution in [2.24, 2.45) is 11.7 Å². The van der Waals surface area contributed by atoms with Gasteiger partial charge in [0.1, 0.15) is 0 Å². The largest absolute Gasteiger partial charge is 0.396 e. The van der Waals surface area contributed by atoms with Crippen LogP contribution in [0.5, 0.6) is 0 Å². The molecule has 1 aliphatic rings. The van der Waals surface area contributed by atoms with Gasteiger partial charge >= 0.3 is 0 Å². The maximum atomic E-state index is 10.2. The molecule has 2 atom stereocenters. The van der Waals surface area contributed by atoms with Crippen LogP contribution in [0, 0.1) is 5.92 Å². The number of hydrogen-bond donors (Lipinski definition) is 3. The van der Waals surface area contributed by atoms with Crippen molar-refractivity contribution < 1.29 is 10.2 Å². The van der Waals surface area contributed by atoms with Crippen LogP contribution in [0.4, 0.5) is 0 Å². The lowest BCUT2D eigenvalue weighted by Crippen LogP contribution is -2.27. The van der Waals surface area contributed by atoms with Crippen molar-refractivity contribution in [2.45, 2.75) is 19.1 Å². The van der Waals surface area contributed by atoms with Gasteiger partial charge in [0.2, 0.25) is 0 Å². The number of aliphatic hydroxyl groups is 2. The smallest absolute Gasteiger partial charge is 0.0916 e. The van der Waals surface area contributed by atoms with Gasteiger partial charge in [-0.3, -0.25) is 0 Å². The van der Waals surface area contributed by atoms with Crippen molar-refractivity contribution in [3.8, 4) is 0 Å². The Hall–Kier alpha value is -0.940. The van der Waals surface area contributed by atoms with Crippen molar-refractivity contribution in [3.63, 3.8) is 0 Å². The van der Waals surface area contributed by atoms with Crippen LogP contribution in [0.2, 0.25) is 0 Å². The Morgan fingerprint density at radius 1 is 1.33 bits per heavy atom. The summed E-state index contributed by atoms with van der Waals surface area (Å²) in [5.74, 6) is 0.372. The fourth-order valence-electron chi connectivity index (χ4n) is 2.45. The van der Waals surface area contributed by atoms with Crippen LogP contribution < -0.4 is 5.73 Å². The Labute approximate surface area is 108 Å².